The molecule has 0 nitrogen and oxygen atoms in total. The lowest BCUT2D eigenvalue weighted by Gasteiger charge is -2.33. The van der Waals surface area contributed by atoms with Crippen molar-refractivity contribution >= 4 is 118 Å². The summed E-state index contributed by atoms with van der Waals surface area (Å²) >= 11 is 22.2. The maximum Gasteiger partial charge on any atom is 0.0431 e. The second-order valence-corrected chi connectivity index (χ2v) is 20.4. The quantitative estimate of drug-likeness (QED) is 0.105. The molecule has 0 N–H and O–H groups in total. The molecule has 4 heterocycles. The molecule has 0 aromatic carbocycles. The van der Waals surface area contributed by atoms with E-state index in [0.29, 0.717) is 4.75 Å². The van der Waals surface area contributed by atoms with Crippen LogP contribution in [-0.4, -0.2) is 112 Å². The van der Waals surface area contributed by atoms with Gasteiger partial charge in [-0.15, -0.1) is 0 Å². The molecule has 4 aliphatic heterocycles. The van der Waals surface area contributed by atoms with Crippen LogP contribution in [0.25, 0.3) is 0 Å². The molecule has 0 aromatic rings. The van der Waals surface area contributed by atoms with Gasteiger partial charge in [0.1, 0.15) is 0 Å². The van der Waals surface area contributed by atoms with Crippen molar-refractivity contribution in [2.45, 2.75) is 25.7 Å². The van der Waals surface area contributed by atoms with E-state index in [0.717, 1.165) is 21.0 Å². The van der Waals surface area contributed by atoms with Crippen molar-refractivity contribution in [2.24, 2.45) is 0 Å². The van der Waals surface area contributed by atoms with Gasteiger partial charge in [0.05, 0.1) is 0 Å². The number of rotatable bonds is 21. The molecule has 4 atom stereocenters. The minimum absolute atomic E-state index is 0.491. The van der Waals surface area contributed by atoms with Crippen LogP contribution in [0.2, 0.25) is 0 Å². The second kappa shape index (κ2) is 14.9. The highest BCUT2D eigenvalue weighted by atomic mass is 32.2. The van der Waals surface area contributed by atoms with Crippen LogP contribution in [0.3, 0.4) is 0 Å². The van der Waals surface area contributed by atoms with Crippen molar-refractivity contribution in [2.75, 3.05) is 86.3 Å². The molecule has 0 radical (unpaired) electrons. The Morgan fingerprint density at radius 1 is 0.500 bits per heavy atom. The minimum atomic E-state index is 0.491. The third-order valence-corrected chi connectivity index (χ3v) is 18.5. The molecule has 4 fully saturated rings. The Kier molecular flexibility index (Phi) is 13.2. The first kappa shape index (κ1) is 26.6. The number of hydrogen-bond donors (Lipinski definition) is 0. The van der Waals surface area contributed by atoms with Crippen molar-refractivity contribution < 1.29 is 0 Å². The molecule has 0 aromatic heterocycles. The van der Waals surface area contributed by atoms with E-state index in [2.05, 4.69) is 118 Å². The molecule has 0 spiro atoms. The lowest BCUT2D eigenvalue weighted by atomic mass is 10.2. The first-order valence-corrected chi connectivity index (χ1v) is 21.8. The fourth-order valence-electron chi connectivity index (χ4n) is 2.78. The Hall–Kier alpha value is 3.50. The van der Waals surface area contributed by atoms with Gasteiger partial charge in [0, 0.05) is 112 Å². The van der Waals surface area contributed by atoms with Gasteiger partial charge in [0.2, 0.25) is 0 Å². The fourth-order valence-corrected chi connectivity index (χ4v) is 15.4. The van der Waals surface area contributed by atoms with Crippen molar-refractivity contribution in [3.8, 4) is 0 Å². The fraction of sp³-hybridized carbons (Fsp3) is 1.00. The number of thioether (sulfide) groups is 10. The molecule has 174 valence electrons. The van der Waals surface area contributed by atoms with Crippen LogP contribution in [0.5, 0.6) is 0 Å². The van der Waals surface area contributed by atoms with Gasteiger partial charge in [-0.1, -0.05) is 0 Å². The highest BCUT2D eigenvalue weighted by Crippen LogP contribution is 2.42. The average molecular weight is 595 g/mol. The van der Waals surface area contributed by atoms with Crippen molar-refractivity contribution in [3.05, 3.63) is 0 Å². The molecule has 0 aliphatic carbocycles. The Morgan fingerprint density at radius 3 is 1.33 bits per heavy atom. The summed E-state index contributed by atoms with van der Waals surface area (Å²) < 4.78 is 0.491. The summed E-state index contributed by atoms with van der Waals surface area (Å²) in [5.41, 5.74) is 0. The van der Waals surface area contributed by atoms with Gasteiger partial charge < -0.3 is 0 Å². The summed E-state index contributed by atoms with van der Waals surface area (Å²) in [5.74, 6) is 20.8. The average Bonchev–Trinajstić information content (AvgIpc) is 3.53. The van der Waals surface area contributed by atoms with E-state index in [1.165, 1.54) is 86.3 Å². The van der Waals surface area contributed by atoms with Gasteiger partial charge in [0.25, 0.3) is 0 Å². The van der Waals surface area contributed by atoms with E-state index >= 15 is 0 Å². The van der Waals surface area contributed by atoms with E-state index in [4.69, 9.17) is 0 Å². The summed E-state index contributed by atoms with van der Waals surface area (Å²) in [6.07, 6.45) is 0. The van der Waals surface area contributed by atoms with Crippen LogP contribution >= 0.6 is 118 Å². The topological polar surface area (TPSA) is 0 Å². The molecule has 30 heavy (non-hydrogen) atoms. The Bertz CT molecular complexity index is 458. The van der Waals surface area contributed by atoms with Crippen LogP contribution in [0, 0.1) is 0 Å². The van der Waals surface area contributed by atoms with Crippen molar-refractivity contribution in [1.82, 2.24) is 0 Å². The van der Waals surface area contributed by atoms with Crippen LogP contribution in [0.1, 0.15) is 0 Å². The maximum atomic E-state index is 2.35. The summed E-state index contributed by atoms with van der Waals surface area (Å²) in [4.78, 5) is 0. The van der Waals surface area contributed by atoms with E-state index in [1.807, 2.05) is 0 Å². The third-order valence-electron chi connectivity index (χ3n) is 4.93. The molecule has 0 saturated carbocycles. The van der Waals surface area contributed by atoms with E-state index in [-0.39, 0.29) is 0 Å². The summed E-state index contributed by atoms with van der Waals surface area (Å²) in [6.45, 7) is 0. The zero-order valence-corrected chi connectivity index (χ0v) is 25.7. The molecular weight excluding hydrogens is 561 g/mol. The third kappa shape index (κ3) is 12.5. The van der Waals surface area contributed by atoms with E-state index in [9.17, 15) is 0 Å². The standard InChI is InChI=1S/C20H34S10/c1(21-5-16-9-26-16)2-23-13-20(14-24-7-18-11-28-18,15-25-8-19-12-29-19)30-4-3-22-6-17-10-27-17/h16-19H,1-15H2. The zero-order valence-electron chi connectivity index (χ0n) is 17.5. The zero-order chi connectivity index (χ0) is 20.5. The molecular formula is C20H34S10. The normalized spacial score (nSPS) is 30.8. The molecule has 4 unspecified atom stereocenters. The lowest BCUT2D eigenvalue weighted by Crippen LogP contribution is -2.36. The van der Waals surface area contributed by atoms with Crippen LogP contribution in [0.15, 0.2) is 0 Å². The van der Waals surface area contributed by atoms with Crippen molar-refractivity contribution in [1.29, 1.82) is 0 Å². The van der Waals surface area contributed by atoms with Crippen molar-refractivity contribution in [3.63, 3.8) is 0 Å². The molecule has 10 heteroatoms. The summed E-state index contributed by atoms with van der Waals surface area (Å²) in [7, 11) is 0. The van der Waals surface area contributed by atoms with E-state index in [1.54, 1.807) is 0 Å². The highest BCUT2D eigenvalue weighted by Gasteiger charge is 2.34. The molecule has 4 saturated heterocycles. The van der Waals surface area contributed by atoms with Gasteiger partial charge in [-0.05, 0) is 0 Å². The predicted molar refractivity (Wildman–Crippen MR) is 167 cm³/mol. The lowest BCUT2D eigenvalue weighted by molar-refractivity contribution is 0.843. The molecule has 0 amide bonds. The van der Waals surface area contributed by atoms with E-state index < -0.39 is 0 Å². The van der Waals surface area contributed by atoms with Gasteiger partial charge in [-0.25, -0.2) is 0 Å². The van der Waals surface area contributed by atoms with Gasteiger partial charge in [0.15, 0.2) is 0 Å². The predicted octanol–water partition coefficient (Wildman–Crippen LogP) is 6.59. The van der Waals surface area contributed by atoms with Crippen LogP contribution < -0.4 is 0 Å². The Balaban J connectivity index is 1.19. The first-order chi connectivity index (χ1) is 14.8. The maximum absolute atomic E-state index is 2.35. The van der Waals surface area contributed by atoms with Gasteiger partial charge >= 0.3 is 0 Å². The summed E-state index contributed by atoms with van der Waals surface area (Å²) in [6, 6.07) is 0. The SMILES string of the molecule is C(CSCC(CSCC1CS1)(CSCC1CS1)SCCSCC1CS1)SCC1CS1. The van der Waals surface area contributed by atoms with Gasteiger partial charge in [-0.2, -0.15) is 118 Å². The minimum Gasteiger partial charge on any atom is -0.160 e. The highest BCUT2D eigenvalue weighted by molar-refractivity contribution is 8.11. The largest absolute Gasteiger partial charge is 0.160 e. The molecule has 4 rings (SSSR count). The van der Waals surface area contributed by atoms with Crippen LogP contribution in [0.4, 0.5) is 0 Å². The molecule has 4 aliphatic rings. The first-order valence-electron chi connectivity index (χ1n) is 10.8. The number of hydrogen-bond acceptors (Lipinski definition) is 10. The monoisotopic (exact) mass is 594 g/mol. The molecule has 0 bridgehead atoms. The second-order valence-electron chi connectivity index (χ2n) is 8.09. The smallest absolute Gasteiger partial charge is 0.0431 e. The summed E-state index contributed by atoms with van der Waals surface area (Å²) in [5, 5.41) is 3.94. The Labute approximate surface area is 227 Å². The van der Waals surface area contributed by atoms with Gasteiger partial charge in [-0.3, -0.25) is 0 Å². The Morgan fingerprint density at radius 2 is 0.867 bits per heavy atom. The van der Waals surface area contributed by atoms with Crippen LogP contribution in [-0.2, 0) is 0 Å².